The summed E-state index contributed by atoms with van der Waals surface area (Å²) >= 11 is 0. The number of imidazole rings is 1. The average Bonchev–Trinajstić information content (AvgIpc) is 2.69. The molecule has 2 atom stereocenters. The van der Waals surface area contributed by atoms with Crippen molar-refractivity contribution in [1.29, 1.82) is 5.26 Å². The third-order valence-electron chi connectivity index (χ3n) is 3.05. The number of benzene rings is 1. The number of hydrogen-bond acceptors (Lipinski definition) is 3. The highest BCUT2D eigenvalue weighted by Crippen LogP contribution is 2.24. The van der Waals surface area contributed by atoms with Crippen LogP contribution in [0.25, 0.3) is 11.0 Å². The first kappa shape index (κ1) is 11.6. The molecule has 1 heterocycles. The van der Waals surface area contributed by atoms with Crippen molar-refractivity contribution in [3.63, 3.8) is 0 Å². The number of aryl methyl sites for hydroxylation is 1. The van der Waals surface area contributed by atoms with Crippen LogP contribution in [0.1, 0.15) is 30.8 Å². The summed E-state index contributed by atoms with van der Waals surface area (Å²) < 4.78 is 0. The molecule has 1 aromatic carbocycles. The van der Waals surface area contributed by atoms with E-state index >= 15 is 0 Å². The summed E-state index contributed by atoms with van der Waals surface area (Å²) in [5, 5.41) is 9.02. The first-order valence-electron chi connectivity index (χ1n) is 5.77. The maximum Gasteiger partial charge on any atom is 0.104 e. The minimum Gasteiger partial charge on any atom is -0.342 e. The van der Waals surface area contributed by atoms with Crippen LogP contribution < -0.4 is 5.73 Å². The van der Waals surface area contributed by atoms with Gasteiger partial charge in [-0.1, -0.05) is 13.0 Å². The Kier molecular flexibility index (Phi) is 3.12. The van der Waals surface area contributed by atoms with E-state index in [1.54, 1.807) is 0 Å². The van der Waals surface area contributed by atoms with E-state index in [1.165, 1.54) is 0 Å². The Labute approximate surface area is 100 Å². The van der Waals surface area contributed by atoms with Gasteiger partial charge in [0.1, 0.15) is 5.82 Å². The molecule has 4 heteroatoms. The average molecular weight is 228 g/mol. The lowest BCUT2D eigenvalue weighted by Crippen LogP contribution is -2.19. The highest BCUT2D eigenvalue weighted by molar-refractivity contribution is 5.76. The number of aromatic amines is 1. The van der Waals surface area contributed by atoms with E-state index in [4.69, 9.17) is 11.0 Å². The van der Waals surface area contributed by atoms with Crippen molar-refractivity contribution in [1.82, 2.24) is 9.97 Å². The number of nitrogens with zero attached hydrogens (tertiary/aromatic N) is 2. The molecule has 88 valence electrons. The van der Waals surface area contributed by atoms with E-state index in [0.717, 1.165) is 28.8 Å². The monoisotopic (exact) mass is 228 g/mol. The molecule has 0 saturated carbocycles. The van der Waals surface area contributed by atoms with E-state index < -0.39 is 0 Å². The van der Waals surface area contributed by atoms with Gasteiger partial charge in [0.15, 0.2) is 0 Å². The van der Waals surface area contributed by atoms with Gasteiger partial charge in [-0.25, -0.2) is 4.98 Å². The molecule has 3 N–H and O–H groups in total. The Hall–Kier alpha value is -1.86. The highest BCUT2D eigenvalue weighted by atomic mass is 14.9. The van der Waals surface area contributed by atoms with Crippen LogP contribution in [-0.2, 0) is 0 Å². The molecule has 0 aliphatic rings. The molecular formula is C13H16N4. The van der Waals surface area contributed by atoms with Crippen LogP contribution in [0.15, 0.2) is 18.2 Å². The van der Waals surface area contributed by atoms with E-state index in [9.17, 15) is 0 Å². The van der Waals surface area contributed by atoms with Gasteiger partial charge in [-0.2, -0.15) is 5.26 Å². The van der Waals surface area contributed by atoms with Crippen LogP contribution in [0.3, 0.4) is 0 Å². The third-order valence-corrected chi connectivity index (χ3v) is 3.05. The van der Waals surface area contributed by atoms with Crippen LogP contribution >= 0.6 is 0 Å². The van der Waals surface area contributed by atoms with E-state index in [-0.39, 0.29) is 12.0 Å². The highest BCUT2D eigenvalue weighted by Gasteiger charge is 2.17. The topological polar surface area (TPSA) is 78.5 Å². The predicted octanol–water partition coefficient (Wildman–Crippen LogP) is 2.42. The second-order valence-electron chi connectivity index (χ2n) is 4.27. The van der Waals surface area contributed by atoms with Crippen molar-refractivity contribution in [2.24, 2.45) is 11.7 Å². The van der Waals surface area contributed by atoms with Crippen LogP contribution in [0.5, 0.6) is 0 Å². The molecule has 2 rings (SSSR count). The molecule has 0 radical (unpaired) electrons. The fourth-order valence-electron chi connectivity index (χ4n) is 2.02. The number of nitriles is 1. The summed E-state index contributed by atoms with van der Waals surface area (Å²) in [5.74, 6) is 0.745. The molecule has 0 spiro atoms. The largest absolute Gasteiger partial charge is 0.342 e. The van der Waals surface area contributed by atoms with Crippen LogP contribution in [0.4, 0.5) is 0 Å². The van der Waals surface area contributed by atoms with Gasteiger partial charge >= 0.3 is 0 Å². The van der Waals surface area contributed by atoms with Gasteiger partial charge in [0.2, 0.25) is 0 Å². The molecule has 17 heavy (non-hydrogen) atoms. The normalized spacial score (nSPS) is 14.5. The standard InChI is InChI=1S/C13H16N4/c1-3-9(7-14)13(15)10-4-5-11-12(6-10)17-8(2)16-11/h4-6,9,13H,3,15H2,1-2H3,(H,16,17). The maximum atomic E-state index is 9.02. The molecule has 2 aromatic rings. The zero-order chi connectivity index (χ0) is 12.4. The van der Waals surface area contributed by atoms with Gasteiger partial charge in [-0.05, 0) is 31.0 Å². The lowest BCUT2D eigenvalue weighted by Gasteiger charge is -2.16. The van der Waals surface area contributed by atoms with Gasteiger partial charge in [-0.3, -0.25) is 0 Å². The van der Waals surface area contributed by atoms with Crippen LogP contribution in [0.2, 0.25) is 0 Å². The number of hydrogen-bond donors (Lipinski definition) is 2. The van der Waals surface area contributed by atoms with Gasteiger partial charge < -0.3 is 10.7 Å². The summed E-state index contributed by atoms with van der Waals surface area (Å²) in [6.07, 6.45) is 0.762. The van der Waals surface area contributed by atoms with Gasteiger partial charge in [0.25, 0.3) is 0 Å². The molecule has 2 unspecified atom stereocenters. The number of rotatable bonds is 3. The molecule has 0 amide bonds. The van der Waals surface area contributed by atoms with Gasteiger partial charge in [0, 0.05) is 6.04 Å². The molecule has 1 aromatic heterocycles. The maximum absolute atomic E-state index is 9.02. The van der Waals surface area contributed by atoms with Gasteiger partial charge in [0.05, 0.1) is 23.0 Å². The lowest BCUT2D eigenvalue weighted by molar-refractivity contribution is 0.518. The Morgan fingerprint density at radius 1 is 1.53 bits per heavy atom. The van der Waals surface area contributed by atoms with E-state index in [1.807, 2.05) is 32.0 Å². The summed E-state index contributed by atoms with van der Waals surface area (Å²) in [4.78, 5) is 7.52. The second kappa shape index (κ2) is 4.56. The number of nitrogens with two attached hydrogens (primary N) is 1. The third kappa shape index (κ3) is 2.15. The predicted molar refractivity (Wildman–Crippen MR) is 67.2 cm³/mol. The Morgan fingerprint density at radius 3 is 2.94 bits per heavy atom. The molecule has 4 nitrogen and oxygen atoms in total. The summed E-state index contributed by atoms with van der Waals surface area (Å²) in [7, 11) is 0. The first-order valence-corrected chi connectivity index (χ1v) is 5.77. The fourth-order valence-corrected chi connectivity index (χ4v) is 2.02. The quantitative estimate of drug-likeness (QED) is 0.846. The number of H-pyrrole nitrogens is 1. The Balaban J connectivity index is 2.39. The van der Waals surface area contributed by atoms with Gasteiger partial charge in [-0.15, -0.1) is 0 Å². The van der Waals surface area contributed by atoms with Crippen molar-refractivity contribution in [3.05, 3.63) is 29.6 Å². The van der Waals surface area contributed by atoms with Crippen molar-refractivity contribution < 1.29 is 0 Å². The molecule has 0 aliphatic heterocycles. The zero-order valence-corrected chi connectivity index (χ0v) is 10.1. The smallest absolute Gasteiger partial charge is 0.104 e. The van der Waals surface area contributed by atoms with Crippen LogP contribution in [0, 0.1) is 24.2 Å². The number of aromatic nitrogens is 2. The molecule has 0 saturated heterocycles. The molecule has 0 bridgehead atoms. The first-order chi connectivity index (χ1) is 8.15. The zero-order valence-electron chi connectivity index (χ0n) is 10.1. The summed E-state index contributed by atoms with van der Waals surface area (Å²) in [5.41, 5.74) is 8.99. The van der Waals surface area contributed by atoms with Crippen molar-refractivity contribution in [2.45, 2.75) is 26.3 Å². The number of fused-ring (bicyclic) bond motifs is 1. The minimum absolute atomic E-state index is 0.142. The second-order valence-corrected chi connectivity index (χ2v) is 4.27. The molecule has 0 fully saturated rings. The fraction of sp³-hybridized carbons (Fsp3) is 0.385. The van der Waals surface area contributed by atoms with Crippen molar-refractivity contribution >= 4 is 11.0 Å². The summed E-state index contributed by atoms with van der Waals surface area (Å²) in [6, 6.07) is 7.89. The van der Waals surface area contributed by atoms with E-state index in [2.05, 4.69) is 16.0 Å². The van der Waals surface area contributed by atoms with Crippen LogP contribution in [-0.4, -0.2) is 9.97 Å². The summed E-state index contributed by atoms with van der Waals surface area (Å²) in [6.45, 7) is 3.90. The minimum atomic E-state index is -0.238. The number of nitrogens with one attached hydrogen (secondary N) is 1. The van der Waals surface area contributed by atoms with Crippen molar-refractivity contribution in [3.8, 4) is 6.07 Å². The SMILES string of the molecule is CCC(C#N)C(N)c1ccc2nc(C)[nH]c2c1. The molecular weight excluding hydrogens is 212 g/mol. The van der Waals surface area contributed by atoms with Crippen molar-refractivity contribution in [2.75, 3.05) is 0 Å². The Bertz CT molecular complexity index is 564. The Morgan fingerprint density at radius 2 is 2.29 bits per heavy atom. The molecule has 0 aliphatic carbocycles. The van der Waals surface area contributed by atoms with E-state index in [0.29, 0.717) is 0 Å². The lowest BCUT2D eigenvalue weighted by atomic mass is 9.93.